The Labute approximate surface area is 266 Å². The number of carbonyl (C=O) groups is 2. The van der Waals surface area contributed by atoms with Crippen LogP contribution in [0.5, 0.6) is 0 Å². The van der Waals surface area contributed by atoms with Crippen molar-refractivity contribution in [1.29, 1.82) is 0 Å². The number of rotatable bonds is 13. The van der Waals surface area contributed by atoms with Crippen LogP contribution in [0.2, 0.25) is 0 Å². The molecule has 14 heteroatoms. The molecule has 2 aliphatic heterocycles. The summed E-state index contributed by atoms with van der Waals surface area (Å²) in [6.07, 6.45) is 0.855. The Kier molecular flexibility index (Phi) is 15.9. The van der Waals surface area contributed by atoms with E-state index < -0.39 is 86.6 Å². The molecular formula is C32H44O14. The van der Waals surface area contributed by atoms with Crippen LogP contribution in [0, 0.1) is 0 Å². The number of allylic oxidation sites excluding steroid dienone is 12. The summed E-state index contributed by atoms with van der Waals surface area (Å²) >= 11 is 0. The summed E-state index contributed by atoms with van der Waals surface area (Å²) in [5.74, 6) is -1.86. The zero-order valence-corrected chi connectivity index (χ0v) is 26.0. The highest BCUT2D eigenvalue weighted by Gasteiger charge is 2.48. The highest BCUT2D eigenvalue weighted by molar-refractivity contribution is 5.88. The summed E-state index contributed by atoms with van der Waals surface area (Å²) in [5.41, 5.74) is 2.11. The molecular weight excluding hydrogens is 608 g/mol. The van der Waals surface area contributed by atoms with Crippen molar-refractivity contribution in [2.75, 3.05) is 13.2 Å². The molecule has 14 nitrogen and oxygen atoms in total. The zero-order valence-electron chi connectivity index (χ0n) is 26.0. The third kappa shape index (κ3) is 11.5. The fourth-order valence-electron chi connectivity index (χ4n) is 4.10. The number of aliphatic hydroxyl groups excluding tert-OH is 7. The molecule has 0 bridgehead atoms. The number of carboxylic acids is 1. The fourth-order valence-corrected chi connectivity index (χ4v) is 4.10. The number of carboxylic acid groups (broad SMARTS) is 1. The smallest absolute Gasteiger partial charge is 0.336 e. The lowest BCUT2D eigenvalue weighted by Gasteiger charge is -2.42. The average molecular weight is 653 g/mol. The van der Waals surface area contributed by atoms with Gasteiger partial charge in [-0.15, -0.1) is 0 Å². The van der Waals surface area contributed by atoms with Crippen molar-refractivity contribution in [3.8, 4) is 0 Å². The maximum Gasteiger partial charge on any atom is 0.336 e. The molecule has 0 aromatic rings. The highest BCUT2D eigenvalue weighted by Crippen LogP contribution is 2.26. The number of aliphatic hydroxyl groups is 7. The van der Waals surface area contributed by atoms with Gasteiger partial charge in [0.15, 0.2) is 6.29 Å². The second-order valence-corrected chi connectivity index (χ2v) is 10.9. The molecule has 2 heterocycles. The molecule has 0 aromatic heterocycles. The van der Waals surface area contributed by atoms with Gasteiger partial charge in [-0.25, -0.2) is 9.59 Å². The zero-order chi connectivity index (χ0) is 34.6. The first-order valence-corrected chi connectivity index (χ1v) is 14.5. The number of carbonyl (C=O) groups excluding carboxylic acids is 1. The van der Waals surface area contributed by atoms with Crippen molar-refractivity contribution in [3.63, 3.8) is 0 Å². The van der Waals surface area contributed by atoms with E-state index >= 15 is 0 Å². The van der Waals surface area contributed by atoms with Gasteiger partial charge in [0.2, 0.25) is 6.29 Å². The number of aliphatic carboxylic acids is 1. The highest BCUT2D eigenvalue weighted by atomic mass is 16.7. The van der Waals surface area contributed by atoms with E-state index in [0.717, 1.165) is 11.1 Å². The predicted octanol–water partition coefficient (Wildman–Crippen LogP) is -0.308. The Balaban J connectivity index is 1.94. The summed E-state index contributed by atoms with van der Waals surface area (Å²) in [5, 5.41) is 79.1. The first kappa shape index (κ1) is 38.9. The quantitative estimate of drug-likeness (QED) is 0.0725. The molecule has 46 heavy (non-hydrogen) atoms. The van der Waals surface area contributed by atoms with E-state index in [0.29, 0.717) is 0 Å². The lowest BCUT2D eigenvalue weighted by Crippen LogP contribution is -2.61. The SMILES string of the molecule is CC(/C=C/C=C(\C)C(=O)O)=C\C=C\C=C(C)\C=C\C=C(/C)C(=O)O[C@H]1O[C@@H](CO[C@H]2O[C@@H](CO)[C@H](O)[C@@H](O)[C@@H]2O)[C@H](O)[C@@H](O)[C@@H]1O. The maximum atomic E-state index is 12.6. The van der Waals surface area contributed by atoms with Crippen molar-refractivity contribution in [2.24, 2.45) is 0 Å². The lowest BCUT2D eigenvalue weighted by atomic mass is 9.98. The molecule has 0 aliphatic carbocycles. The number of hydrogen-bond donors (Lipinski definition) is 8. The normalized spacial score (nSPS) is 33.7. The summed E-state index contributed by atoms with van der Waals surface area (Å²) in [7, 11) is 0. The second kappa shape index (κ2) is 18.8. The Hall–Kier alpha value is -3.28. The van der Waals surface area contributed by atoms with Crippen molar-refractivity contribution in [2.45, 2.75) is 89.1 Å². The standard InChI is InChI=1S/C32H44O14/c1-17(11-7-13-19(3)29(40)41)9-5-6-10-18(2)12-8-14-20(4)30(42)46-32-28(39)26(37)24(35)22(45-32)16-43-31-27(38)25(36)23(34)21(15-33)44-31/h5-14,21-28,31-39H,15-16H2,1-4H3,(H,40,41)/b6-5+,11-7+,12-8+,17-9+,18-10+,19-13+,20-14+/t21-,22-,23-,24-,25+,26+,27-,28-,31-,32+/m0/s1. The Morgan fingerprint density at radius 2 is 1.11 bits per heavy atom. The minimum atomic E-state index is -1.80. The minimum absolute atomic E-state index is 0.127. The van der Waals surface area contributed by atoms with Gasteiger partial charge < -0.3 is 59.8 Å². The molecule has 2 saturated heterocycles. The van der Waals surface area contributed by atoms with Gasteiger partial charge in [0, 0.05) is 11.1 Å². The van der Waals surface area contributed by atoms with Crippen molar-refractivity contribution in [1.82, 2.24) is 0 Å². The number of ether oxygens (including phenoxy) is 4. The average Bonchev–Trinajstić information content (AvgIpc) is 3.02. The van der Waals surface area contributed by atoms with Gasteiger partial charge in [0.25, 0.3) is 0 Å². The molecule has 2 rings (SSSR count). The van der Waals surface area contributed by atoms with Gasteiger partial charge in [-0.05, 0) is 27.7 Å². The molecule has 0 amide bonds. The summed E-state index contributed by atoms with van der Waals surface area (Å²) in [6, 6.07) is 0. The first-order chi connectivity index (χ1) is 21.7. The predicted molar refractivity (Wildman–Crippen MR) is 163 cm³/mol. The fraction of sp³-hybridized carbons (Fsp3) is 0.500. The molecule has 0 saturated carbocycles. The molecule has 2 fully saturated rings. The van der Waals surface area contributed by atoms with E-state index in [1.807, 2.05) is 32.1 Å². The molecule has 2 aliphatic rings. The van der Waals surface area contributed by atoms with Gasteiger partial charge >= 0.3 is 11.9 Å². The van der Waals surface area contributed by atoms with Gasteiger partial charge in [-0.1, -0.05) is 71.9 Å². The van der Waals surface area contributed by atoms with Crippen LogP contribution in [0.15, 0.2) is 83.1 Å². The molecule has 0 spiro atoms. The second-order valence-electron chi connectivity index (χ2n) is 10.9. The van der Waals surface area contributed by atoms with Gasteiger partial charge in [0.1, 0.15) is 48.8 Å². The van der Waals surface area contributed by atoms with Crippen molar-refractivity contribution in [3.05, 3.63) is 83.1 Å². The Morgan fingerprint density at radius 3 is 1.63 bits per heavy atom. The third-order valence-corrected chi connectivity index (χ3v) is 7.06. The minimum Gasteiger partial charge on any atom is -0.478 e. The van der Waals surface area contributed by atoms with E-state index in [1.54, 1.807) is 30.4 Å². The monoisotopic (exact) mass is 652 g/mol. The van der Waals surface area contributed by atoms with Crippen LogP contribution in [0.3, 0.4) is 0 Å². The van der Waals surface area contributed by atoms with Crippen LogP contribution >= 0.6 is 0 Å². The molecule has 256 valence electrons. The Bertz CT molecular complexity index is 1240. The van der Waals surface area contributed by atoms with Crippen LogP contribution in [-0.2, 0) is 28.5 Å². The van der Waals surface area contributed by atoms with Crippen LogP contribution < -0.4 is 0 Å². The van der Waals surface area contributed by atoms with E-state index in [9.17, 15) is 45.3 Å². The van der Waals surface area contributed by atoms with Crippen LogP contribution in [0.4, 0.5) is 0 Å². The molecule has 0 unspecified atom stereocenters. The van der Waals surface area contributed by atoms with Crippen LogP contribution in [-0.4, -0.2) is 127 Å². The van der Waals surface area contributed by atoms with E-state index in [1.165, 1.54) is 26.0 Å². The number of esters is 1. The van der Waals surface area contributed by atoms with Crippen LogP contribution in [0.25, 0.3) is 0 Å². The van der Waals surface area contributed by atoms with Gasteiger partial charge in [-0.2, -0.15) is 0 Å². The van der Waals surface area contributed by atoms with E-state index in [4.69, 9.17) is 24.1 Å². The van der Waals surface area contributed by atoms with Gasteiger partial charge in [-0.3, -0.25) is 0 Å². The lowest BCUT2D eigenvalue weighted by molar-refractivity contribution is -0.326. The van der Waals surface area contributed by atoms with E-state index in [-0.39, 0.29) is 11.1 Å². The van der Waals surface area contributed by atoms with Crippen LogP contribution in [0.1, 0.15) is 27.7 Å². The first-order valence-electron chi connectivity index (χ1n) is 14.5. The molecule has 8 N–H and O–H groups in total. The number of hydrogen-bond acceptors (Lipinski definition) is 13. The summed E-state index contributed by atoms with van der Waals surface area (Å²) in [4.78, 5) is 23.4. The van der Waals surface area contributed by atoms with Crippen molar-refractivity contribution >= 4 is 11.9 Å². The molecule has 0 aromatic carbocycles. The Morgan fingerprint density at radius 1 is 0.630 bits per heavy atom. The van der Waals surface area contributed by atoms with Gasteiger partial charge in [0.05, 0.1) is 13.2 Å². The largest absolute Gasteiger partial charge is 0.478 e. The third-order valence-electron chi connectivity index (χ3n) is 7.06. The van der Waals surface area contributed by atoms with Crippen molar-refractivity contribution < 1.29 is 69.4 Å². The molecule has 10 atom stereocenters. The van der Waals surface area contributed by atoms with E-state index in [2.05, 4.69) is 0 Å². The molecule has 0 radical (unpaired) electrons. The topological polar surface area (TPSA) is 233 Å². The summed E-state index contributed by atoms with van der Waals surface area (Å²) in [6.45, 7) is 5.43. The maximum absolute atomic E-state index is 12.6. The summed E-state index contributed by atoms with van der Waals surface area (Å²) < 4.78 is 21.3.